The van der Waals surface area contributed by atoms with Gasteiger partial charge in [0.2, 0.25) is 6.79 Å². The van der Waals surface area contributed by atoms with Crippen LogP contribution in [-0.4, -0.2) is 65.9 Å². The van der Waals surface area contributed by atoms with Crippen LogP contribution < -0.4 is 9.47 Å². The third kappa shape index (κ3) is 4.38. The van der Waals surface area contributed by atoms with E-state index < -0.39 is 0 Å². The van der Waals surface area contributed by atoms with Crippen LogP contribution in [0.5, 0.6) is 11.5 Å². The Bertz CT molecular complexity index is 1090. The van der Waals surface area contributed by atoms with E-state index in [0.29, 0.717) is 23.6 Å². The van der Waals surface area contributed by atoms with Crippen molar-refractivity contribution in [3.8, 4) is 23.3 Å². The molecule has 3 aliphatic heterocycles. The molecule has 0 saturated carbocycles. The fourth-order valence-electron chi connectivity index (χ4n) is 5.42. The van der Waals surface area contributed by atoms with Crippen molar-refractivity contribution in [1.82, 2.24) is 9.80 Å². The Morgan fingerprint density at radius 1 is 1.09 bits per heavy atom. The summed E-state index contributed by atoms with van der Waals surface area (Å²) >= 11 is 0. The van der Waals surface area contributed by atoms with Crippen LogP contribution >= 0.6 is 0 Å². The summed E-state index contributed by atoms with van der Waals surface area (Å²) in [6, 6.07) is 14.1. The lowest BCUT2D eigenvalue weighted by molar-refractivity contribution is -0.0606. The SMILES string of the molecule is CCCC#Cc1ccc([C@@H]2[C@H](CO)N3CCCCN(C(=O)c4ccc5c(c4)OCO5)C[C@@H]23)cc1. The quantitative estimate of drug-likeness (QED) is 0.706. The number of ether oxygens (including phenoxy) is 2. The van der Waals surface area contributed by atoms with Crippen molar-refractivity contribution in [3.05, 3.63) is 59.2 Å². The average molecular weight is 461 g/mol. The molecule has 34 heavy (non-hydrogen) atoms. The van der Waals surface area contributed by atoms with Crippen molar-refractivity contribution in [2.45, 2.75) is 50.6 Å². The van der Waals surface area contributed by atoms with Gasteiger partial charge in [-0.1, -0.05) is 30.9 Å². The second kappa shape index (κ2) is 10.1. The third-order valence-corrected chi connectivity index (χ3v) is 7.18. The molecule has 1 N–H and O–H groups in total. The van der Waals surface area contributed by atoms with Gasteiger partial charge in [0.25, 0.3) is 5.91 Å². The van der Waals surface area contributed by atoms with E-state index in [9.17, 15) is 9.90 Å². The molecule has 178 valence electrons. The standard InChI is InChI=1S/C28H32N2O4/c1-2-3-4-7-20-8-10-21(11-9-20)27-23-17-29(14-5-6-15-30(23)24(27)18-31)28(32)22-12-13-25-26(16-22)34-19-33-25/h8-13,16,23-24,27,31H,2-3,5-6,14-15,17-19H2,1H3/t23-,24-,27-/m0/s1. The van der Waals surface area contributed by atoms with E-state index in [1.165, 1.54) is 5.56 Å². The molecule has 6 nitrogen and oxygen atoms in total. The molecule has 2 saturated heterocycles. The van der Waals surface area contributed by atoms with E-state index in [4.69, 9.17) is 9.47 Å². The van der Waals surface area contributed by atoms with E-state index in [1.54, 1.807) is 6.07 Å². The molecule has 0 bridgehead atoms. The maximum Gasteiger partial charge on any atom is 0.254 e. The summed E-state index contributed by atoms with van der Waals surface area (Å²) in [5.74, 6) is 7.94. The molecule has 3 heterocycles. The van der Waals surface area contributed by atoms with Crippen LogP contribution in [-0.2, 0) is 0 Å². The predicted octanol–water partition coefficient (Wildman–Crippen LogP) is 3.63. The van der Waals surface area contributed by atoms with Gasteiger partial charge in [0.1, 0.15) is 0 Å². The van der Waals surface area contributed by atoms with Crippen molar-refractivity contribution < 1.29 is 19.4 Å². The van der Waals surface area contributed by atoms with Gasteiger partial charge >= 0.3 is 0 Å². The molecule has 0 aliphatic carbocycles. The second-order valence-electron chi connectivity index (χ2n) is 9.28. The van der Waals surface area contributed by atoms with Gasteiger partial charge in [0.05, 0.1) is 6.61 Å². The summed E-state index contributed by atoms with van der Waals surface area (Å²) in [7, 11) is 0. The zero-order chi connectivity index (χ0) is 23.5. The van der Waals surface area contributed by atoms with Gasteiger partial charge in [-0.15, -0.1) is 0 Å². The summed E-state index contributed by atoms with van der Waals surface area (Å²) in [4.78, 5) is 17.8. The van der Waals surface area contributed by atoms with Gasteiger partial charge in [0, 0.05) is 48.6 Å². The smallest absolute Gasteiger partial charge is 0.254 e. The number of carbonyl (C=O) groups excluding carboxylic acids is 1. The minimum absolute atomic E-state index is 0.0212. The number of aliphatic hydroxyl groups excluding tert-OH is 1. The van der Waals surface area contributed by atoms with Crippen molar-refractivity contribution in [2.75, 3.05) is 33.0 Å². The monoisotopic (exact) mass is 460 g/mol. The van der Waals surface area contributed by atoms with Crippen molar-refractivity contribution in [3.63, 3.8) is 0 Å². The predicted molar refractivity (Wildman–Crippen MR) is 130 cm³/mol. The third-order valence-electron chi connectivity index (χ3n) is 7.18. The zero-order valence-electron chi connectivity index (χ0n) is 19.7. The van der Waals surface area contributed by atoms with Gasteiger partial charge in [0.15, 0.2) is 11.5 Å². The first-order valence-electron chi connectivity index (χ1n) is 12.3. The molecule has 0 radical (unpaired) electrons. The van der Waals surface area contributed by atoms with Crippen LogP contribution in [0.15, 0.2) is 42.5 Å². The number of hydrogen-bond acceptors (Lipinski definition) is 5. The molecular formula is C28H32N2O4. The number of amides is 1. The molecule has 5 rings (SSSR count). The number of rotatable bonds is 4. The van der Waals surface area contributed by atoms with E-state index in [-0.39, 0.29) is 37.3 Å². The van der Waals surface area contributed by atoms with E-state index in [1.807, 2.05) is 17.0 Å². The largest absolute Gasteiger partial charge is 0.454 e. The lowest BCUT2D eigenvalue weighted by atomic mass is 9.74. The Morgan fingerprint density at radius 2 is 1.88 bits per heavy atom. The highest BCUT2D eigenvalue weighted by Crippen LogP contribution is 2.42. The first-order valence-corrected chi connectivity index (χ1v) is 12.3. The molecule has 2 aromatic carbocycles. The Morgan fingerprint density at radius 3 is 2.68 bits per heavy atom. The van der Waals surface area contributed by atoms with Gasteiger partial charge in [-0.3, -0.25) is 9.69 Å². The second-order valence-corrected chi connectivity index (χ2v) is 9.28. The first-order chi connectivity index (χ1) is 16.7. The highest BCUT2D eigenvalue weighted by Gasteiger charge is 2.49. The number of hydrogen-bond donors (Lipinski definition) is 1. The normalized spacial score (nSPS) is 23.7. The lowest BCUT2D eigenvalue weighted by Gasteiger charge is -2.57. The van der Waals surface area contributed by atoms with E-state index in [0.717, 1.165) is 44.3 Å². The highest BCUT2D eigenvalue weighted by molar-refractivity contribution is 5.95. The number of fused-ring (bicyclic) bond motifs is 2. The zero-order valence-corrected chi connectivity index (χ0v) is 19.7. The molecule has 2 fully saturated rings. The topological polar surface area (TPSA) is 62.2 Å². The highest BCUT2D eigenvalue weighted by atomic mass is 16.7. The molecule has 2 aromatic rings. The fraction of sp³-hybridized carbons (Fsp3) is 0.464. The Hall–Kier alpha value is -3.01. The molecule has 6 heteroatoms. The maximum atomic E-state index is 13.5. The Balaban J connectivity index is 1.35. The van der Waals surface area contributed by atoms with Gasteiger partial charge < -0.3 is 19.5 Å². The Labute approximate surface area is 201 Å². The summed E-state index contributed by atoms with van der Waals surface area (Å²) in [5.41, 5.74) is 2.85. The van der Waals surface area contributed by atoms with Crippen molar-refractivity contribution >= 4 is 5.91 Å². The van der Waals surface area contributed by atoms with Crippen LogP contribution in [0.25, 0.3) is 0 Å². The van der Waals surface area contributed by atoms with Gasteiger partial charge in [-0.05, 0) is 61.7 Å². The van der Waals surface area contributed by atoms with E-state index >= 15 is 0 Å². The van der Waals surface area contributed by atoms with Crippen LogP contribution in [0.2, 0.25) is 0 Å². The molecule has 1 amide bonds. The summed E-state index contributed by atoms with van der Waals surface area (Å²) in [5, 5.41) is 10.2. The summed E-state index contributed by atoms with van der Waals surface area (Å²) in [6.07, 6.45) is 3.93. The molecule has 0 spiro atoms. The minimum atomic E-state index is 0.0212. The van der Waals surface area contributed by atoms with Crippen molar-refractivity contribution in [2.24, 2.45) is 0 Å². The number of unbranched alkanes of at least 4 members (excludes halogenated alkanes) is 1. The fourth-order valence-corrected chi connectivity index (χ4v) is 5.42. The van der Waals surface area contributed by atoms with Crippen LogP contribution in [0.1, 0.15) is 60.0 Å². The number of aliphatic hydroxyl groups is 1. The van der Waals surface area contributed by atoms with Crippen molar-refractivity contribution in [1.29, 1.82) is 0 Å². The van der Waals surface area contributed by atoms with E-state index in [2.05, 4.69) is 47.9 Å². The maximum absolute atomic E-state index is 13.5. The van der Waals surface area contributed by atoms with Gasteiger partial charge in [-0.2, -0.15) is 0 Å². The van der Waals surface area contributed by atoms with Gasteiger partial charge in [-0.25, -0.2) is 0 Å². The van der Waals surface area contributed by atoms with Crippen LogP contribution in [0, 0.1) is 11.8 Å². The number of nitrogens with zero attached hydrogens (tertiary/aromatic N) is 2. The van der Waals surface area contributed by atoms with Crippen LogP contribution in [0.3, 0.4) is 0 Å². The summed E-state index contributed by atoms with van der Waals surface area (Å²) < 4.78 is 10.9. The Kier molecular flexibility index (Phi) is 6.75. The lowest BCUT2D eigenvalue weighted by Crippen LogP contribution is -2.67. The molecule has 0 aromatic heterocycles. The number of benzene rings is 2. The molecule has 3 aliphatic rings. The number of carbonyl (C=O) groups is 1. The average Bonchev–Trinajstić information content (AvgIpc) is 3.32. The first kappa shape index (κ1) is 22.8. The molecular weight excluding hydrogens is 428 g/mol. The summed E-state index contributed by atoms with van der Waals surface area (Å²) in [6.45, 7) is 4.78. The van der Waals surface area contributed by atoms with Crippen LogP contribution in [0.4, 0.5) is 0 Å². The minimum Gasteiger partial charge on any atom is -0.454 e. The molecule has 0 unspecified atom stereocenters. The molecule has 3 atom stereocenters.